The van der Waals surface area contributed by atoms with Crippen LogP contribution in [0.2, 0.25) is 0 Å². The van der Waals surface area contributed by atoms with E-state index in [4.69, 9.17) is 14.6 Å². The third-order valence-electron chi connectivity index (χ3n) is 1.68. The van der Waals surface area contributed by atoms with E-state index >= 15 is 0 Å². The van der Waals surface area contributed by atoms with E-state index < -0.39 is 0 Å². The van der Waals surface area contributed by atoms with Crippen molar-refractivity contribution in [3.63, 3.8) is 0 Å². The van der Waals surface area contributed by atoms with Crippen molar-refractivity contribution in [2.75, 3.05) is 13.2 Å². The molecule has 1 atom stereocenters. The minimum atomic E-state index is -0.335. The van der Waals surface area contributed by atoms with Crippen LogP contribution in [0.25, 0.3) is 0 Å². The first-order valence-corrected chi connectivity index (χ1v) is 4.20. The van der Waals surface area contributed by atoms with Gasteiger partial charge >= 0.3 is 0 Å². The summed E-state index contributed by atoms with van der Waals surface area (Å²) in [7, 11) is 0. The van der Waals surface area contributed by atoms with Crippen LogP contribution in [0.3, 0.4) is 0 Å². The van der Waals surface area contributed by atoms with Gasteiger partial charge in [-0.05, 0) is 19.8 Å². The summed E-state index contributed by atoms with van der Waals surface area (Å²) in [6.07, 6.45) is 2.20. The van der Waals surface area contributed by atoms with Gasteiger partial charge in [-0.25, -0.2) is 0 Å². The molecule has 11 heavy (non-hydrogen) atoms. The number of aliphatic hydroxyl groups is 1. The molecule has 0 aromatic carbocycles. The Kier molecular flexibility index (Phi) is 3.83. The van der Waals surface area contributed by atoms with E-state index in [1.165, 1.54) is 0 Å². The molecule has 1 N–H and O–H groups in total. The second-order valence-corrected chi connectivity index (χ2v) is 2.96. The summed E-state index contributed by atoms with van der Waals surface area (Å²) in [5.74, 6) is 0. The smallest absolute Gasteiger partial charge is 0.160 e. The molecule has 0 aliphatic carbocycles. The monoisotopic (exact) mass is 160 g/mol. The lowest BCUT2D eigenvalue weighted by molar-refractivity contribution is -0.141. The molecule has 1 saturated heterocycles. The van der Waals surface area contributed by atoms with Crippen molar-refractivity contribution in [2.24, 2.45) is 0 Å². The molecule has 0 bridgehead atoms. The van der Waals surface area contributed by atoms with Crippen LogP contribution in [-0.4, -0.2) is 30.7 Å². The number of hydrogen-bond donors (Lipinski definition) is 1. The lowest BCUT2D eigenvalue weighted by Crippen LogP contribution is -2.21. The molecule has 66 valence electrons. The molecule has 0 aromatic heterocycles. The Hall–Kier alpha value is -0.120. The van der Waals surface area contributed by atoms with Crippen molar-refractivity contribution in [1.29, 1.82) is 0 Å². The summed E-state index contributed by atoms with van der Waals surface area (Å²) in [6, 6.07) is 0. The summed E-state index contributed by atoms with van der Waals surface area (Å²) in [5, 5.41) is 9.04. The van der Waals surface area contributed by atoms with E-state index in [1.54, 1.807) is 6.92 Å². The first-order valence-electron chi connectivity index (χ1n) is 4.20. The minimum Gasteiger partial charge on any atom is -0.393 e. The summed E-state index contributed by atoms with van der Waals surface area (Å²) >= 11 is 0. The van der Waals surface area contributed by atoms with Crippen LogP contribution in [0.4, 0.5) is 0 Å². The van der Waals surface area contributed by atoms with Crippen LogP contribution < -0.4 is 0 Å². The van der Waals surface area contributed by atoms with E-state index in [1.807, 2.05) is 0 Å². The maximum absolute atomic E-state index is 9.04. The molecule has 1 aliphatic rings. The van der Waals surface area contributed by atoms with Crippen LogP contribution in [0, 0.1) is 0 Å². The van der Waals surface area contributed by atoms with Gasteiger partial charge in [-0.2, -0.15) is 0 Å². The van der Waals surface area contributed by atoms with Crippen LogP contribution in [0.5, 0.6) is 0 Å². The zero-order valence-corrected chi connectivity index (χ0v) is 6.95. The molecular weight excluding hydrogens is 144 g/mol. The molecule has 0 spiro atoms. The van der Waals surface area contributed by atoms with Crippen LogP contribution in [-0.2, 0) is 9.47 Å². The van der Waals surface area contributed by atoms with E-state index in [0.717, 1.165) is 26.1 Å². The minimum absolute atomic E-state index is 0.183. The van der Waals surface area contributed by atoms with Gasteiger partial charge in [0.25, 0.3) is 0 Å². The zero-order valence-electron chi connectivity index (χ0n) is 6.95. The lowest BCUT2D eigenvalue weighted by atomic mass is 10.3. The van der Waals surface area contributed by atoms with Gasteiger partial charge in [-0.1, -0.05) is 0 Å². The van der Waals surface area contributed by atoms with E-state index in [2.05, 4.69) is 0 Å². The van der Waals surface area contributed by atoms with Crippen LogP contribution in [0.1, 0.15) is 26.2 Å². The molecule has 1 fully saturated rings. The normalized spacial score (nSPS) is 24.5. The first kappa shape index (κ1) is 8.97. The Morgan fingerprint density at radius 2 is 1.91 bits per heavy atom. The number of ether oxygens (including phenoxy) is 2. The topological polar surface area (TPSA) is 38.7 Å². The Morgan fingerprint density at radius 1 is 1.36 bits per heavy atom. The zero-order chi connectivity index (χ0) is 8.10. The molecule has 0 amide bonds. The van der Waals surface area contributed by atoms with Crippen molar-refractivity contribution in [3.8, 4) is 0 Å². The van der Waals surface area contributed by atoms with Crippen LogP contribution in [0.15, 0.2) is 0 Å². The van der Waals surface area contributed by atoms with Gasteiger partial charge in [-0.3, -0.25) is 0 Å². The second-order valence-electron chi connectivity index (χ2n) is 2.96. The lowest BCUT2D eigenvalue weighted by Gasteiger charge is -2.16. The number of rotatable bonds is 2. The average molecular weight is 160 g/mol. The molecule has 1 unspecified atom stereocenters. The maximum atomic E-state index is 9.04. The summed E-state index contributed by atoms with van der Waals surface area (Å²) < 4.78 is 10.7. The van der Waals surface area contributed by atoms with Crippen molar-refractivity contribution >= 4 is 0 Å². The fourth-order valence-corrected chi connectivity index (χ4v) is 1.10. The maximum Gasteiger partial charge on any atom is 0.160 e. The highest BCUT2D eigenvalue weighted by atomic mass is 16.7. The molecule has 1 rings (SSSR count). The summed E-state index contributed by atoms with van der Waals surface area (Å²) in [4.78, 5) is 0. The number of aliphatic hydroxyl groups excluding tert-OH is 1. The van der Waals surface area contributed by atoms with Crippen LogP contribution >= 0.6 is 0 Å². The van der Waals surface area contributed by atoms with Gasteiger partial charge < -0.3 is 14.6 Å². The van der Waals surface area contributed by atoms with Gasteiger partial charge in [-0.15, -0.1) is 0 Å². The molecule has 1 heterocycles. The molecule has 0 saturated carbocycles. The summed E-state index contributed by atoms with van der Waals surface area (Å²) in [5.41, 5.74) is 0. The van der Waals surface area contributed by atoms with Crippen molar-refractivity contribution in [1.82, 2.24) is 0 Å². The third-order valence-corrected chi connectivity index (χ3v) is 1.68. The highest BCUT2D eigenvalue weighted by Crippen LogP contribution is 2.10. The fourth-order valence-electron chi connectivity index (χ4n) is 1.10. The largest absolute Gasteiger partial charge is 0.393 e. The Balaban J connectivity index is 2.20. The van der Waals surface area contributed by atoms with Crippen molar-refractivity contribution in [3.05, 3.63) is 0 Å². The van der Waals surface area contributed by atoms with Gasteiger partial charge in [0.05, 0.1) is 6.10 Å². The van der Waals surface area contributed by atoms with Gasteiger partial charge in [0, 0.05) is 19.6 Å². The van der Waals surface area contributed by atoms with Gasteiger partial charge in [0.15, 0.2) is 6.29 Å². The van der Waals surface area contributed by atoms with E-state index in [0.29, 0.717) is 6.42 Å². The van der Waals surface area contributed by atoms with E-state index in [9.17, 15) is 0 Å². The predicted molar refractivity (Wildman–Crippen MR) is 41.2 cm³/mol. The average Bonchev–Trinajstić information content (AvgIpc) is 2.14. The Labute approximate surface area is 67.3 Å². The molecule has 0 aromatic rings. The van der Waals surface area contributed by atoms with Gasteiger partial charge in [0.2, 0.25) is 0 Å². The fraction of sp³-hybridized carbons (Fsp3) is 1.00. The Bertz CT molecular complexity index is 95.5. The quantitative estimate of drug-likeness (QED) is 0.652. The molecule has 0 radical (unpaired) electrons. The van der Waals surface area contributed by atoms with Gasteiger partial charge in [0.1, 0.15) is 0 Å². The molecule has 3 nitrogen and oxygen atoms in total. The standard InChI is InChI=1S/C8H16O3/c1-7(9)6-8-10-4-2-3-5-11-8/h7-9H,2-6H2,1H3. The second kappa shape index (κ2) is 4.70. The van der Waals surface area contributed by atoms with Crippen molar-refractivity contribution < 1.29 is 14.6 Å². The van der Waals surface area contributed by atoms with Crippen molar-refractivity contribution in [2.45, 2.75) is 38.6 Å². The first-order chi connectivity index (χ1) is 5.29. The predicted octanol–water partition coefficient (Wildman–Crippen LogP) is 0.910. The molecule has 1 aliphatic heterocycles. The third kappa shape index (κ3) is 3.70. The summed E-state index contributed by atoms with van der Waals surface area (Å²) in [6.45, 7) is 3.27. The highest BCUT2D eigenvalue weighted by molar-refractivity contribution is 4.55. The SMILES string of the molecule is CC(O)CC1OCCCCO1. The highest BCUT2D eigenvalue weighted by Gasteiger charge is 2.14. The molecule has 3 heteroatoms. The Morgan fingerprint density at radius 3 is 2.36 bits per heavy atom. The number of hydrogen-bond acceptors (Lipinski definition) is 3. The molecular formula is C8H16O3. The van der Waals surface area contributed by atoms with E-state index in [-0.39, 0.29) is 12.4 Å².